The Labute approximate surface area is 178 Å². The molecule has 2 heterocycles. The monoisotopic (exact) mass is 417 g/mol. The fourth-order valence-electron chi connectivity index (χ4n) is 3.15. The lowest BCUT2D eigenvalue weighted by molar-refractivity contribution is 0.408. The Morgan fingerprint density at radius 1 is 1.17 bits per heavy atom. The number of unbranched alkanes of at least 4 members (excludes halogenated alkanes) is 2. The summed E-state index contributed by atoms with van der Waals surface area (Å²) in [5, 5.41) is 3.42. The third kappa shape index (κ3) is 5.76. The van der Waals surface area contributed by atoms with Crippen LogP contribution in [0.25, 0.3) is 11.0 Å². The Morgan fingerprint density at radius 3 is 2.66 bits per heavy atom. The van der Waals surface area contributed by atoms with Crippen LogP contribution in [-0.4, -0.2) is 28.2 Å². The number of fused-ring (bicyclic) bond motifs is 1. The summed E-state index contributed by atoms with van der Waals surface area (Å²) in [5.41, 5.74) is 9.77. The van der Waals surface area contributed by atoms with Crippen LogP contribution >= 0.6 is 11.6 Å². The minimum Gasteiger partial charge on any atom is -0.496 e. The molecule has 2 aromatic heterocycles. The number of nitrogen functional groups attached to an aromatic ring is 1. The van der Waals surface area contributed by atoms with E-state index in [1.807, 2.05) is 38.2 Å². The maximum atomic E-state index is 5.94. The first-order chi connectivity index (χ1) is 14.2. The highest BCUT2D eigenvalue weighted by atomic mass is 35.5. The van der Waals surface area contributed by atoms with E-state index in [1.54, 1.807) is 7.11 Å². The van der Waals surface area contributed by atoms with E-state index in [-0.39, 0.29) is 5.95 Å². The maximum absolute atomic E-state index is 5.94. The average Bonchev–Trinajstić information content (AvgIpc) is 3.15. The molecule has 0 aliphatic heterocycles. The van der Waals surface area contributed by atoms with Crippen molar-refractivity contribution in [3.05, 3.63) is 41.6 Å². The number of hydrogen-bond acceptors (Lipinski definition) is 5. The van der Waals surface area contributed by atoms with Crippen LogP contribution in [0.15, 0.2) is 30.5 Å². The second kappa shape index (κ2) is 11.5. The Bertz CT molecular complexity index is 910. The molecule has 7 heteroatoms. The Hall–Kier alpha value is -2.47. The molecule has 0 saturated carbocycles. The summed E-state index contributed by atoms with van der Waals surface area (Å²) in [6.45, 7) is 7.69. The molecule has 3 rings (SSSR count). The van der Waals surface area contributed by atoms with Crippen molar-refractivity contribution in [2.24, 2.45) is 0 Å². The molecule has 0 bridgehead atoms. The summed E-state index contributed by atoms with van der Waals surface area (Å²) in [6.07, 6.45) is 5.46. The van der Waals surface area contributed by atoms with Gasteiger partial charge in [-0.05, 0) is 24.1 Å². The van der Waals surface area contributed by atoms with Crippen molar-refractivity contribution in [1.82, 2.24) is 14.5 Å². The quantitative estimate of drug-likeness (QED) is 0.358. The lowest BCUT2D eigenvalue weighted by Crippen LogP contribution is -2.09. The van der Waals surface area contributed by atoms with Crippen molar-refractivity contribution in [1.29, 1.82) is 0 Å². The van der Waals surface area contributed by atoms with Crippen molar-refractivity contribution in [3.63, 3.8) is 0 Å². The van der Waals surface area contributed by atoms with E-state index in [0.29, 0.717) is 12.4 Å². The van der Waals surface area contributed by atoms with Gasteiger partial charge in [0.2, 0.25) is 5.95 Å². The molecule has 29 heavy (non-hydrogen) atoms. The number of aromatic nitrogens is 3. The Balaban J connectivity index is 0.00000145. The van der Waals surface area contributed by atoms with Gasteiger partial charge in [0, 0.05) is 24.2 Å². The first kappa shape index (κ1) is 22.8. The Morgan fingerprint density at radius 2 is 1.97 bits per heavy atom. The number of benzene rings is 1. The molecule has 0 spiro atoms. The first-order valence-electron chi connectivity index (χ1n) is 10.2. The van der Waals surface area contributed by atoms with Crippen LogP contribution in [-0.2, 0) is 12.4 Å². The summed E-state index contributed by atoms with van der Waals surface area (Å²) in [6, 6.07) is 8.01. The van der Waals surface area contributed by atoms with E-state index in [9.17, 15) is 0 Å². The number of hydrogen-bond donors (Lipinski definition) is 2. The fraction of sp³-hybridized carbons (Fsp3) is 0.455. The van der Waals surface area contributed by atoms with Gasteiger partial charge in [0.25, 0.3) is 0 Å². The highest BCUT2D eigenvalue weighted by Crippen LogP contribution is 2.27. The molecular formula is C22H32ClN5O. The maximum Gasteiger partial charge on any atom is 0.222 e. The molecule has 0 atom stereocenters. The summed E-state index contributed by atoms with van der Waals surface area (Å²) >= 11 is 5.94. The molecule has 0 fully saturated rings. The van der Waals surface area contributed by atoms with Gasteiger partial charge < -0.3 is 20.4 Å². The highest BCUT2D eigenvalue weighted by molar-refractivity contribution is 6.17. The number of alkyl halides is 1. The summed E-state index contributed by atoms with van der Waals surface area (Å²) in [7, 11) is 1.68. The number of halogens is 1. The normalized spacial score (nSPS) is 10.5. The van der Waals surface area contributed by atoms with Gasteiger partial charge in [-0.15, -0.1) is 11.6 Å². The van der Waals surface area contributed by atoms with E-state index in [1.165, 1.54) is 12.8 Å². The first-order valence-corrected chi connectivity index (χ1v) is 10.8. The van der Waals surface area contributed by atoms with Gasteiger partial charge in [-0.25, -0.2) is 4.98 Å². The van der Waals surface area contributed by atoms with Crippen LogP contribution in [0.5, 0.6) is 5.75 Å². The second-order valence-corrected chi connectivity index (χ2v) is 6.79. The van der Waals surface area contributed by atoms with E-state index >= 15 is 0 Å². The SMILES string of the molecule is CC.CCCCCNc1nc(N)nc2ccn(Cc3ccc(CCl)cc3OC)c12. The topological polar surface area (TPSA) is 78.0 Å². The zero-order valence-electron chi connectivity index (χ0n) is 17.8. The van der Waals surface area contributed by atoms with Crippen LogP contribution in [0, 0.1) is 0 Å². The van der Waals surface area contributed by atoms with Gasteiger partial charge in [0.05, 0.1) is 19.2 Å². The van der Waals surface area contributed by atoms with Gasteiger partial charge >= 0.3 is 0 Å². The molecule has 3 aromatic rings. The number of anilines is 2. The molecule has 0 aliphatic carbocycles. The largest absolute Gasteiger partial charge is 0.496 e. The molecule has 0 amide bonds. The van der Waals surface area contributed by atoms with E-state index in [0.717, 1.165) is 46.7 Å². The van der Waals surface area contributed by atoms with Gasteiger partial charge in [0.1, 0.15) is 11.3 Å². The van der Waals surface area contributed by atoms with Crippen molar-refractivity contribution in [2.45, 2.75) is 52.5 Å². The van der Waals surface area contributed by atoms with Crippen molar-refractivity contribution in [2.75, 3.05) is 24.7 Å². The lowest BCUT2D eigenvalue weighted by atomic mass is 10.1. The fourth-order valence-corrected chi connectivity index (χ4v) is 3.31. The molecular weight excluding hydrogens is 386 g/mol. The Kier molecular flexibility index (Phi) is 9.06. The zero-order valence-corrected chi connectivity index (χ0v) is 18.6. The van der Waals surface area contributed by atoms with Gasteiger partial charge in [-0.3, -0.25) is 0 Å². The molecule has 0 radical (unpaired) electrons. The summed E-state index contributed by atoms with van der Waals surface area (Å²) < 4.78 is 7.67. The van der Waals surface area contributed by atoms with Crippen molar-refractivity contribution < 1.29 is 4.74 Å². The van der Waals surface area contributed by atoms with E-state index in [4.69, 9.17) is 22.1 Å². The molecule has 0 aliphatic rings. The molecule has 3 N–H and O–H groups in total. The van der Waals surface area contributed by atoms with E-state index < -0.39 is 0 Å². The third-order valence-electron chi connectivity index (χ3n) is 4.55. The van der Waals surface area contributed by atoms with Crippen LogP contribution in [0.2, 0.25) is 0 Å². The number of nitrogens with zero attached hydrogens (tertiary/aromatic N) is 3. The van der Waals surface area contributed by atoms with Gasteiger partial charge in [-0.2, -0.15) is 4.98 Å². The van der Waals surface area contributed by atoms with Crippen LogP contribution in [0.3, 0.4) is 0 Å². The molecule has 158 valence electrons. The molecule has 6 nitrogen and oxygen atoms in total. The minimum absolute atomic E-state index is 0.280. The van der Waals surface area contributed by atoms with E-state index in [2.05, 4.69) is 32.8 Å². The predicted octanol–water partition coefficient (Wildman–Crippen LogP) is 5.44. The zero-order chi connectivity index (χ0) is 21.2. The van der Waals surface area contributed by atoms with Gasteiger partial charge in [-0.1, -0.05) is 45.7 Å². The highest BCUT2D eigenvalue weighted by Gasteiger charge is 2.13. The number of nitrogens with one attached hydrogen (secondary N) is 1. The summed E-state index contributed by atoms with van der Waals surface area (Å²) in [5.74, 6) is 2.34. The van der Waals surface area contributed by atoms with Crippen LogP contribution in [0.4, 0.5) is 11.8 Å². The minimum atomic E-state index is 0.280. The predicted molar refractivity (Wildman–Crippen MR) is 123 cm³/mol. The summed E-state index contributed by atoms with van der Waals surface area (Å²) in [4.78, 5) is 8.80. The third-order valence-corrected chi connectivity index (χ3v) is 4.86. The average molecular weight is 418 g/mol. The second-order valence-electron chi connectivity index (χ2n) is 6.52. The number of ether oxygens (including phenoxy) is 1. The number of nitrogens with two attached hydrogens (primary N) is 1. The van der Waals surface area contributed by atoms with Gasteiger partial charge in [0.15, 0.2) is 5.82 Å². The lowest BCUT2D eigenvalue weighted by Gasteiger charge is -2.14. The van der Waals surface area contributed by atoms with Crippen LogP contribution < -0.4 is 15.8 Å². The molecule has 1 aromatic carbocycles. The number of rotatable bonds is 9. The van der Waals surface area contributed by atoms with Crippen LogP contribution in [0.1, 0.15) is 51.2 Å². The van der Waals surface area contributed by atoms with Crippen molar-refractivity contribution in [3.8, 4) is 5.75 Å². The standard InChI is InChI=1S/C20H26ClN5O.C2H6/c1-3-4-5-9-23-19-18-16(24-20(22)25-19)8-10-26(18)13-15-7-6-14(12-21)11-17(15)27-2;1-2/h6-8,10-11H,3-5,9,12-13H2,1-2H3,(H3,22,23,24,25);1-2H3. The van der Waals surface area contributed by atoms with Crippen molar-refractivity contribution >= 4 is 34.4 Å². The molecule has 0 saturated heterocycles. The number of methoxy groups -OCH3 is 1. The smallest absolute Gasteiger partial charge is 0.222 e. The molecule has 0 unspecified atom stereocenters.